The second-order valence-electron chi connectivity index (χ2n) is 6.03. The van der Waals surface area contributed by atoms with Gasteiger partial charge in [-0.25, -0.2) is 9.18 Å². The Hall–Kier alpha value is -1.91. The van der Waals surface area contributed by atoms with Crippen LogP contribution in [-0.2, 0) is 11.3 Å². The summed E-state index contributed by atoms with van der Waals surface area (Å²) >= 11 is 0. The Morgan fingerprint density at radius 2 is 2.10 bits per heavy atom. The number of hydrogen-bond acceptors (Lipinski definition) is 2. The van der Waals surface area contributed by atoms with E-state index in [-0.39, 0.29) is 18.4 Å². The molecule has 1 saturated heterocycles. The molecule has 1 aliphatic carbocycles. The predicted molar refractivity (Wildman–Crippen MR) is 75.8 cm³/mol. The highest BCUT2D eigenvalue weighted by atomic mass is 19.1. The number of nitrogens with zero attached hydrogens (tertiary/aromatic N) is 1. The van der Waals surface area contributed by atoms with Crippen molar-refractivity contribution in [1.29, 1.82) is 0 Å². The molecule has 1 N–H and O–H groups in total. The van der Waals surface area contributed by atoms with Gasteiger partial charge in [0.2, 0.25) is 0 Å². The molecular weight excluding hydrogens is 271 g/mol. The Morgan fingerprint density at radius 3 is 2.81 bits per heavy atom. The van der Waals surface area contributed by atoms with E-state index in [4.69, 9.17) is 0 Å². The number of halogens is 1. The summed E-state index contributed by atoms with van der Waals surface area (Å²) in [7, 11) is 0. The van der Waals surface area contributed by atoms with Crippen LogP contribution in [0.4, 0.5) is 9.18 Å². The number of amides is 3. The van der Waals surface area contributed by atoms with Crippen molar-refractivity contribution in [2.45, 2.75) is 44.7 Å². The van der Waals surface area contributed by atoms with E-state index < -0.39 is 17.4 Å². The molecule has 1 saturated carbocycles. The van der Waals surface area contributed by atoms with Gasteiger partial charge in [-0.15, -0.1) is 0 Å². The molecule has 5 heteroatoms. The molecule has 1 aliphatic heterocycles. The summed E-state index contributed by atoms with van der Waals surface area (Å²) in [4.78, 5) is 26.1. The zero-order chi connectivity index (χ0) is 15.0. The van der Waals surface area contributed by atoms with E-state index in [0.717, 1.165) is 24.2 Å². The second-order valence-corrected chi connectivity index (χ2v) is 6.03. The Balaban J connectivity index is 1.86. The monoisotopic (exact) mass is 290 g/mol. The second kappa shape index (κ2) is 5.13. The molecular formula is C16H19FN2O2. The van der Waals surface area contributed by atoms with Gasteiger partial charge in [0.05, 0.1) is 6.54 Å². The Morgan fingerprint density at radius 1 is 1.33 bits per heavy atom. The minimum atomic E-state index is -0.777. The van der Waals surface area contributed by atoms with Gasteiger partial charge in [-0.05, 0) is 24.8 Å². The maximum absolute atomic E-state index is 13.7. The highest BCUT2D eigenvalue weighted by Crippen LogP contribution is 2.38. The molecule has 2 aliphatic rings. The molecule has 1 aromatic carbocycles. The highest BCUT2D eigenvalue weighted by molar-refractivity contribution is 6.07. The van der Waals surface area contributed by atoms with Crippen LogP contribution in [0.2, 0.25) is 0 Å². The van der Waals surface area contributed by atoms with Gasteiger partial charge in [-0.3, -0.25) is 9.69 Å². The molecule has 2 atom stereocenters. The molecule has 0 radical (unpaired) electrons. The van der Waals surface area contributed by atoms with Gasteiger partial charge in [-0.1, -0.05) is 38.0 Å². The summed E-state index contributed by atoms with van der Waals surface area (Å²) < 4.78 is 13.7. The zero-order valence-electron chi connectivity index (χ0n) is 12.1. The van der Waals surface area contributed by atoms with Crippen LogP contribution in [0.15, 0.2) is 24.3 Å². The number of urea groups is 1. The third kappa shape index (κ3) is 2.20. The van der Waals surface area contributed by atoms with Gasteiger partial charge >= 0.3 is 6.03 Å². The van der Waals surface area contributed by atoms with Crippen molar-refractivity contribution >= 4 is 11.9 Å². The molecule has 2 fully saturated rings. The molecule has 3 rings (SSSR count). The van der Waals surface area contributed by atoms with Gasteiger partial charge in [0.15, 0.2) is 0 Å². The van der Waals surface area contributed by atoms with E-state index in [0.29, 0.717) is 12.0 Å². The molecule has 1 aromatic rings. The lowest BCUT2D eigenvalue weighted by Crippen LogP contribution is -2.53. The topological polar surface area (TPSA) is 49.4 Å². The maximum atomic E-state index is 13.7. The van der Waals surface area contributed by atoms with Gasteiger partial charge in [-0.2, -0.15) is 0 Å². The molecule has 4 nitrogen and oxygen atoms in total. The fourth-order valence-electron chi connectivity index (χ4n) is 3.44. The van der Waals surface area contributed by atoms with Crippen LogP contribution in [0.3, 0.4) is 0 Å². The molecule has 112 valence electrons. The predicted octanol–water partition coefficient (Wildman–Crippen LogP) is 2.83. The Bertz CT molecular complexity index is 589. The largest absolute Gasteiger partial charge is 0.325 e. The first kappa shape index (κ1) is 14.0. The molecule has 1 heterocycles. The number of rotatable bonds is 2. The van der Waals surface area contributed by atoms with Gasteiger partial charge in [0.25, 0.3) is 5.91 Å². The van der Waals surface area contributed by atoms with Gasteiger partial charge in [0, 0.05) is 5.56 Å². The fraction of sp³-hybridized carbons (Fsp3) is 0.500. The number of carbonyl (C=O) groups is 2. The number of benzene rings is 1. The van der Waals surface area contributed by atoms with E-state index in [9.17, 15) is 14.0 Å². The SMILES string of the molecule is CC1CCCCC12NC(=O)N(Cc1ccccc1F)C2=O. The van der Waals surface area contributed by atoms with Crippen LogP contribution in [0.1, 0.15) is 38.2 Å². The van der Waals surface area contributed by atoms with E-state index in [2.05, 4.69) is 5.32 Å². The van der Waals surface area contributed by atoms with Gasteiger partial charge < -0.3 is 5.32 Å². The van der Waals surface area contributed by atoms with Crippen LogP contribution in [0.5, 0.6) is 0 Å². The number of carbonyl (C=O) groups excluding carboxylic acids is 2. The third-order valence-electron chi connectivity index (χ3n) is 4.79. The van der Waals surface area contributed by atoms with Crippen LogP contribution in [0.25, 0.3) is 0 Å². The number of hydrogen-bond donors (Lipinski definition) is 1. The van der Waals surface area contributed by atoms with Crippen molar-refractivity contribution in [2.24, 2.45) is 5.92 Å². The first-order chi connectivity index (χ1) is 10.0. The van der Waals surface area contributed by atoms with E-state index in [1.54, 1.807) is 18.2 Å². The van der Waals surface area contributed by atoms with Crippen LogP contribution < -0.4 is 5.32 Å². The molecule has 3 amide bonds. The van der Waals surface area contributed by atoms with Crippen molar-refractivity contribution in [3.63, 3.8) is 0 Å². The minimum absolute atomic E-state index is 0.00813. The fourth-order valence-corrected chi connectivity index (χ4v) is 3.44. The average Bonchev–Trinajstić information content (AvgIpc) is 2.70. The molecule has 0 aromatic heterocycles. The van der Waals surface area contributed by atoms with Crippen molar-refractivity contribution in [2.75, 3.05) is 0 Å². The average molecular weight is 290 g/mol. The summed E-state index contributed by atoms with van der Waals surface area (Å²) in [6, 6.07) is 5.83. The summed E-state index contributed by atoms with van der Waals surface area (Å²) in [5.74, 6) is -0.480. The van der Waals surface area contributed by atoms with Crippen LogP contribution in [0, 0.1) is 11.7 Å². The van der Waals surface area contributed by atoms with Gasteiger partial charge in [0.1, 0.15) is 11.4 Å². The number of imide groups is 1. The van der Waals surface area contributed by atoms with E-state index in [1.165, 1.54) is 6.07 Å². The zero-order valence-corrected chi connectivity index (χ0v) is 12.1. The maximum Gasteiger partial charge on any atom is 0.325 e. The molecule has 1 spiro atoms. The quantitative estimate of drug-likeness (QED) is 0.851. The van der Waals surface area contributed by atoms with E-state index in [1.807, 2.05) is 6.92 Å². The Labute approximate surface area is 123 Å². The summed E-state index contributed by atoms with van der Waals surface area (Å²) in [5.41, 5.74) is -0.415. The lowest BCUT2D eigenvalue weighted by atomic mass is 9.73. The van der Waals surface area contributed by atoms with Crippen molar-refractivity contribution in [3.05, 3.63) is 35.6 Å². The first-order valence-corrected chi connectivity index (χ1v) is 7.42. The molecule has 21 heavy (non-hydrogen) atoms. The summed E-state index contributed by atoms with van der Waals surface area (Å²) in [5, 5.41) is 2.87. The third-order valence-corrected chi connectivity index (χ3v) is 4.79. The lowest BCUT2D eigenvalue weighted by molar-refractivity contribution is -0.134. The van der Waals surface area contributed by atoms with E-state index >= 15 is 0 Å². The summed E-state index contributed by atoms with van der Waals surface area (Å²) in [6.07, 6.45) is 3.62. The smallest absolute Gasteiger partial charge is 0.323 e. The highest BCUT2D eigenvalue weighted by Gasteiger charge is 2.54. The normalized spacial score (nSPS) is 29.0. The summed E-state index contributed by atoms with van der Waals surface area (Å²) in [6.45, 7) is 2.00. The number of nitrogens with one attached hydrogen (secondary N) is 1. The standard InChI is InChI=1S/C16H19FN2O2/c1-11-6-4-5-9-16(11)14(20)19(15(21)18-16)10-12-7-2-3-8-13(12)17/h2-3,7-8,11H,4-6,9-10H2,1H3,(H,18,21). The van der Waals surface area contributed by atoms with Crippen molar-refractivity contribution < 1.29 is 14.0 Å². The molecule has 0 bridgehead atoms. The van der Waals surface area contributed by atoms with Crippen molar-refractivity contribution in [3.8, 4) is 0 Å². The molecule has 2 unspecified atom stereocenters. The lowest BCUT2D eigenvalue weighted by Gasteiger charge is -2.36. The Kier molecular flexibility index (Phi) is 3.43. The van der Waals surface area contributed by atoms with Crippen molar-refractivity contribution in [1.82, 2.24) is 10.2 Å². The first-order valence-electron chi connectivity index (χ1n) is 7.42. The van der Waals surface area contributed by atoms with Crippen LogP contribution in [-0.4, -0.2) is 22.4 Å². The van der Waals surface area contributed by atoms with Crippen LogP contribution >= 0.6 is 0 Å². The minimum Gasteiger partial charge on any atom is -0.323 e.